The van der Waals surface area contributed by atoms with Gasteiger partial charge in [0.15, 0.2) is 0 Å². The third-order valence-electron chi connectivity index (χ3n) is 3.61. The number of nitrogen functional groups attached to an aromatic ring is 2. The summed E-state index contributed by atoms with van der Waals surface area (Å²) in [4.78, 5) is 2.17. The Morgan fingerprint density at radius 3 is 1.73 bits per heavy atom. The molecular weight excluding hydrogens is 270 g/mol. The molecule has 0 fully saturated rings. The molecule has 3 nitrogen and oxygen atoms in total. The minimum absolute atomic E-state index is 0.736. The molecule has 0 unspecified atom stereocenters. The highest BCUT2D eigenvalue weighted by molar-refractivity contribution is 5.80. The number of nitrogens with two attached hydrogens (primary N) is 2. The minimum atomic E-state index is 0.736. The number of nitrogens with zero attached hydrogens (tertiary/aromatic N) is 1. The molecule has 0 aliphatic rings. The molecule has 0 saturated heterocycles. The zero-order chi connectivity index (χ0) is 15.5. The van der Waals surface area contributed by atoms with Crippen LogP contribution in [-0.2, 0) is 0 Å². The summed E-state index contributed by atoms with van der Waals surface area (Å²) in [6.07, 6.45) is 0. The van der Waals surface area contributed by atoms with Gasteiger partial charge in [-0.15, -0.1) is 0 Å². The SMILES string of the molecule is Cc1ccccc1N(c1cccc(N)c1)c1cccc(N)c1. The Bertz CT molecular complexity index is 750. The minimum Gasteiger partial charge on any atom is -0.399 e. The topological polar surface area (TPSA) is 55.3 Å². The van der Waals surface area contributed by atoms with Crippen molar-refractivity contribution in [1.82, 2.24) is 0 Å². The van der Waals surface area contributed by atoms with Crippen LogP contribution in [0.3, 0.4) is 0 Å². The maximum absolute atomic E-state index is 5.97. The summed E-state index contributed by atoms with van der Waals surface area (Å²) < 4.78 is 0. The second-order valence-corrected chi connectivity index (χ2v) is 5.31. The Labute approximate surface area is 130 Å². The maximum atomic E-state index is 5.97. The van der Waals surface area contributed by atoms with Gasteiger partial charge in [-0.3, -0.25) is 0 Å². The van der Waals surface area contributed by atoms with Gasteiger partial charge in [-0.1, -0.05) is 30.3 Å². The molecule has 0 saturated carbocycles. The van der Waals surface area contributed by atoms with Crippen molar-refractivity contribution in [3.8, 4) is 0 Å². The zero-order valence-corrected chi connectivity index (χ0v) is 12.5. The Morgan fingerprint density at radius 1 is 0.682 bits per heavy atom. The summed E-state index contributed by atoms with van der Waals surface area (Å²) in [6.45, 7) is 2.10. The van der Waals surface area contributed by atoms with Crippen LogP contribution < -0.4 is 16.4 Å². The maximum Gasteiger partial charge on any atom is 0.0490 e. The molecule has 3 rings (SSSR count). The van der Waals surface area contributed by atoms with Gasteiger partial charge in [0.1, 0.15) is 0 Å². The van der Waals surface area contributed by atoms with Gasteiger partial charge in [-0.25, -0.2) is 0 Å². The molecule has 110 valence electrons. The first-order valence-corrected chi connectivity index (χ1v) is 7.22. The Balaban J connectivity index is 2.21. The van der Waals surface area contributed by atoms with Crippen LogP contribution >= 0.6 is 0 Å². The van der Waals surface area contributed by atoms with Crippen molar-refractivity contribution in [2.45, 2.75) is 6.92 Å². The lowest BCUT2D eigenvalue weighted by Crippen LogP contribution is -2.11. The summed E-state index contributed by atoms with van der Waals surface area (Å²) in [7, 11) is 0. The molecule has 3 heteroatoms. The van der Waals surface area contributed by atoms with Gasteiger partial charge in [0.2, 0.25) is 0 Å². The third kappa shape index (κ3) is 2.74. The summed E-state index contributed by atoms with van der Waals surface area (Å²) in [5, 5.41) is 0. The van der Waals surface area contributed by atoms with Crippen LogP contribution in [0.15, 0.2) is 72.8 Å². The van der Waals surface area contributed by atoms with Crippen LogP contribution in [0.25, 0.3) is 0 Å². The first-order chi connectivity index (χ1) is 10.6. The van der Waals surface area contributed by atoms with Gasteiger partial charge in [0.25, 0.3) is 0 Å². The highest BCUT2D eigenvalue weighted by Crippen LogP contribution is 2.37. The molecule has 0 aromatic heterocycles. The summed E-state index contributed by atoms with van der Waals surface area (Å²) in [6, 6.07) is 24.0. The highest BCUT2D eigenvalue weighted by atomic mass is 15.1. The normalized spacial score (nSPS) is 10.4. The number of hydrogen-bond acceptors (Lipinski definition) is 3. The predicted octanol–water partition coefficient (Wildman–Crippen LogP) is 4.63. The summed E-state index contributed by atoms with van der Waals surface area (Å²) >= 11 is 0. The van der Waals surface area contributed by atoms with E-state index in [9.17, 15) is 0 Å². The quantitative estimate of drug-likeness (QED) is 0.691. The van der Waals surface area contributed by atoms with Crippen molar-refractivity contribution in [3.63, 3.8) is 0 Å². The van der Waals surface area contributed by atoms with Crippen LogP contribution in [0, 0.1) is 6.92 Å². The molecule has 0 radical (unpaired) electrons. The highest BCUT2D eigenvalue weighted by Gasteiger charge is 2.14. The van der Waals surface area contributed by atoms with Crippen molar-refractivity contribution in [3.05, 3.63) is 78.4 Å². The summed E-state index contributed by atoms with van der Waals surface area (Å²) in [5.41, 5.74) is 17.7. The van der Waals surface area contributed by atoms with Crippen molar-refractivity contribution in [2.24, 2.45) is 0 Å². The number of anilines is 5. The lowest BCUT2D eigenvalue weighted by Gasteiger charge is -2.27. The molecule has 22 heavy (non-hydrogen) atoms. The molecular formula is C19H19N3. The van der Waals surface area contributed by atoms with Crippen molar-refractivity contribution >= 4 is 28.4 Å². The summed E-state index contributed by atoms with van der Waals surface area (Å²) in [5.74, 6) is 0. The number of para-hydroxylation sites is 1. The molecule has 4 N–H and O–H groups in total. The van der Waals surface area contributed by atoms with E-state index in [0.717, 1.165) is 28.4 Å². The molecule has 3 aromatic rings. The van der Waals surface area contributed by atoms with Crippen molar-refractivity contribution in [2.75, 3.05) is 16.4 Å². The van der Waals surface area contributed by atoms with E-state index in [1.54, 1.807) is 0 Å². The molecule has 0 amide bonds. The lowest BCUT2D eigenvalue weighted by molar-refractivity contribution is 1.25. The van der Waals surface area contributed by atoms with E-state index in [2.05, 4.69) is 24.0 Å². The lowest BCUT2D eigenvalue weighted by atomic mass is 10.1. The average molecular weight is 289 g/mol. The molecule has 0 spiro atoms. The molecule has 0 bridgehead atoms. The Morgan fingerprint density at radius 2 is 1.23 bits per heavy atom. The van der Waals surface area contributed by atoms with Crippen LogP contribution in [0.1, 0.15) is 5.56 Å². The average Bonchev–Trinajstić information content (AvgIpc) is 2.50. The van der Waals surface area contributed by atoms with E-state index < -0.39 is 0 Å². The van der Waals surface area contributed by atoms with E-state index in [0.29, 0.717) is 0 Å². The van der Waals surface area contributed by atoms with Gasteiger partial charge in [-0.05, 0) is 55.0 Å². The van der Waals surface area contributed by atoms with Crippen LogP contribution in [0.2, 0.25) is 0 Å². The van der Waals surface area contributed by atoms with Gasteiger partial charge in [-0.2, -0.15) is 0 Å². The molecule has 0 heterocycles. The fourth-order valence-electron chi connectivity index (χ4n) is 2.57. The smallest absolute Gasteiger partial charge is 0.0490 e. The van der Waals surface area contributed by atoms with Crippen molar-refractivity contribution < 1.29 is 0 Å². The van der Waals surface area contributed by atoms with Gasteiger partial charge in [0.05, 0.1) is 0 Å². The number of benzene rings is 3. The van der Waals surface area contributed by atoms with Crippen LogP contribution in [0.5, 0.6) is 0 Å². The standard InChI is InChI=1S/C19H19N3/c1-14-6-2-3-11-19(14)22(17-9-4-7-15(20)12-17)18-10-5-8-16(21)13-18/h2-13H,20-21H2,1H3. The van der Waals surface area contributed by atoms with E-state index in [4.69, 9.17) is 11.5 Å². The fourth-order valence-corrected chi connectivity index (χ4v) is 2.57. The second-order valence-electron chi connectivity index (χ2n) is 5.31. The van der Waals surface area contributed by atoms with E-state index >= 15 is 0 Å². The monoisotopic (exact) mass is 289 g/mol. The fraction of sp³-hybridized carbons (Fsp3) is 0.0526. The first kappa shape index (κ1) is 14.0. The third-order valence-corrected chi connectivity index (χ3v) is 3.61. The number of hydrogen-bond donors (Lipinski definition) is 2. The van der Waals surface area contributed by atoms with Crippen molar-refractivity contribution in [1.29, 1.82) is 0 Å². The molecule has 0 aliphatic heterocycles. The van der Waals surface area contributed by atoms with E-state index in [-0.39, 0.29) is 0 Å². The molecule has 0 aliphatic carbocycles. The van der Waals surface area contributed by atoms with E-state index in [1.165, 1.54) is 5.56 Å². The molecule has 0 atom stereocenters. The number of rotatable bonds is 3. The Hall–Kier alpha value is -2.94. The number of aryl methyl sites for hydroxylation is 1. The van der Waals surface area contributed by atoms with E-state index in [1.807, 2.05) is 60.7 Å². The van der Waals surface area contributed by atoms with Gasteiger partial charge < -0.3 is 16.4 Å². The molecule has 3 aromatic carbocycles. The Kier molecular flexibility index (Phi) is 3.71. The predicted molar refractivity (Wildman–Crippen MR) is 94.7 cm³/mol. The zero-order valence-electron chi connectivity index (χ0n) is 12.5. The van der Waals surface area contributed by atoms with Crippen LogP contribution in [-0.4, -0.2) is 0 Å². The largest absolute Gasteiger partial charge is 0.399 e. The second kappa shape index (κ2) is 5.82. The van der Waals surface area contributed by atoms with Gasteiger partial charge in [0, 0.05) is 28.4 Å². The van der Waals surface area contributed by atoms with Gasteiger partial charge >= 0.3 is 0 Å². The first-order valence-electron chi connectivity index (χ1n) is 7.22. The van der Waals surface area contributed by atoms with Crippen LogP contribution in [0.4, 0.5) is 28.4 Å².